The van der Waals surface area contributed by atoms with Crippen LogP contribution in [0.4, 0.5) is 13.2 Å². The molecule has 0 aliphatic carbocycles. The van der Waals surface area contributed by atoms with Gasteiger partial charge < -0.3 is 0 Å². The maximum absolute atomic E-state index is 12.3. The van der Waals surface area contributed by atoms with Crippen LogP contribution in [0.2, 0.25) is 0 Å². The molecule has 0 saturated heterocycles. The third kappa shape index (κ3) is 3.83. The number of thioether (sulfide) groups is 1. The minimum atomic E-state index is -2.22. The van der Waals surface area contributed by atoms with E-state index in [1.165, 1.54) is 11.8 Å². The molecule has 0 aliphatic heterocycles. The van der Waals surface area contributed by atoms with Gasteiger partial charge in [0.1, 0.15) is 0 Å². The lowest BCUT2D eigenvalue weighted by molar-refractivity contribution is 0.373. The maximum Gasteiger partial charge on any atom is 0.301 e. The Kier molecular flexibility index (Phi) is 4.52. The highest BCUT2D eigenvalue weighted by Gasteiger charge is 2.04. The van der Waals surface area contributed by atoms with Gasteiger partial charge in [0.2, 0.25) is 0 Å². The third-order valence-electron chi connectivity index (χ3n) is 1.45. The van der Waals surface area contributed by atoms with Crippen LogP contribution in [0.3, 0.4) is 0 Å². The summed E-state index contributed by atoms with van der Waals surface area (Å²) in [6, 6.07) is 3.50. The van der Waals surface area contributed by atoms with Crippen molar-refractivity contribution in [3.63, 3.8) is 0 Å². The minimum Gasteiger partial charge on any atom is -0.265 e. The monoisotopic (exact) mass is 219 g/mol. The van der Waals surface area contributed by atoms with Crippen molar-refractivity contribution in [1.29, 1.82) is 0 Å². The molecular weight excluding hydrogens is 211 g/mol. The molecule has 0 fully saturated rings. The Hall–Kier alpha value is -0.970. The standard InChI is InChI=1S/C9H8F3NS/c10-8(9(11)12)3-6-14-7-1-4-13-5-2-7/h1-2,4-5H,3,6H2. The molecule has 0 bridgehead atoms. The van der Waals surface area contributed by atoms with Gasteiger partial charge in [-0.25, -0.2) is 4.39 Å². The van der Waals surface area contributed by atoms with Crippen LogP contribution in [0.1, 0.15) is 6.42 Å². The van der Waals surface area contributed by atoms with Crippen molar-refractivity contribution < 1.29 is 13.2 Å². The Bertz CT molecular complexity index is 309. The minimum absolute atomic E-state index is 0.241. The summed E-state index contributed by atoms with van der Waals surface area (Å²) in [5, 5.41) is 0. The number of allylic oxidation sites excluding steroid dienone is 1. The van der Waals surface area contributed by atoms with Gasteiger partial charge in [0, 0.05) is 29.5 Å². The molecule has 0 spiro atoms. The van der Waals surface area contributed by atoms with Crippen molar-refractivity contribution >= 4 is 11.8 Å². The number of hydrogen-bond donors (Lipinski definition) is 0. The summed E-state index contributed by atoms with van der Waals surface area (Å²) in [7, 11) is 0. The van der Waals surface area contributed by atoms with Crippen molar-refractivity contribution in [2.24, 2.45) is 0 Å². The van der Waals surface area contributed by atoms with E-state index < -0.39 is 11.9 Å². The van der Waals surface area contributed by atoms with Crippen LogP contribution in [0, 0.1) is 0 Å². The Morgan fingerprint density at radius 3 is 2.43 bits per heavy atom. The topological polar surface area (TPSA) is 12.9 Å². The predicted octanol–water partition coefficient (Wildman–Crippen LogP) is 3.64. The van der Waals surface area contributed by atoms with Crippen LogP contribution >= 0.6 is 11.8 Å². The van der Waals surface area contributed by atoms with Crippen LogP contribution in [-0.2, 0) is 0 Å². The summed E-state index contributed by atoms with van der Waals surface area (Å²) < 4.78 is 35.6. The van der Waals surface area contributed by atoms with Crippen molar-refractivity contribution in [3.05, 3.63) is 36.4 Å². The number of pyridine rings is 1. The molecule has 0 atom stereocenters. The molecule has 1 nitrogen and oxygen atoms in total. The Morgan fingerprint density at radius 2 is 1.86 bits per heavy atom. The van der Waals surface area contributed by atoms with Crippen LogP contribution in [0.25, 0.3) is 0 Å². The van der Waals surface area contributed by atoms with Gasteiger partial charge in [-0.2, -0.15) is 8.78 Å². The van der Waals surface area contributed by atoms with Crippen molar-refractivity contribution in [1.82, 2.24) is 4.98 Å². The van der Waals surface area contributed by atoms with E-state index in [1.807, 2.05) is 0 Å². The fraction of sp³-hybridized carbons (Fsp3) is 0.222. The molecule has 0 unspecified atom stereocenters. The van der Waals surface area contributed by atoms with Crippen molar-refractivity contribution in [3.8, 4) is 0 Å². The largest absolute Gasteiger partial charge is 0.301 e. The summed E-state index contributed by atoms with van der Waals surface area (Å²) in [6.45, 7) is 0. The molecule has 0 aliphatic rings. The second-order valence-corrected chi connectivity index (χ2v) is 3.62. The highest BCUT2D eigenvalue weighted by molar-refractivity contribution is 7.99. The molecule has 0 N–H and O–H groups in total. The number of nitrogens with zero attached hydrogens (tertiary/aromatic N) is 1. The van der Waals surface area contributed by atoms with E-state index in [9.17, 15) is 13.2 Å². The van der Waals surface area contributed by atoms with Crippen LogP contribution < -0.4 is 0 Å². The number of halogens is 3. The zero-order valence-corrected chi connectivity index (χ0v) is 8.03. The van der Waals surface area contributed by atoms with Gasteiger partial charge in [-0.1, -0.05) is 0 Å². The highest BCUT2D eigenvalue weighted by atomic mass is 32.2. The summed E-state index contributed by atoms with van der Waals surface area (Å²) in [5.74, 6) is -1.03. The summed E-state index contributed by atoms with van der Waals surface area (Å²) >= 11 is 1.32. The lowest BCUT2D eigenvalue weighted by atomic mass is 10.4. The number of rotatable bonds is 4. The molecule has 14 heavy (non-hydrogen) atoms. The zero-order valence-electron chi connectivity index (χ0n) is 7.21. The quantitative estimate of drug-likeness (QED) is 0.717. The van der Waals surface area contributed by atoms with Crippen LogP contribution in [-0.4, -0.2) is 10.7 Å². The van der Waals surface area contributed by atoms with E-state index >= 15 is 0 Å². The molecule has 5 heteroatoms. The molecule has 1 aromatic heterocycles. The first-order chi connectivity index (χ1) is 6.70. The number of aromatic nitrogens is 1. The van der Waals surface area contributed by atoms with Crippen molar-refractivity contribution in [2.45, 2.75) is 11.3 Å². The molecule has 0 saturated carbocycles. The van der Waals surface area contributed by atoms with Gasteiger partial charge in [-0.05, 0) is 12.1 Å². The van der Waals surface area contributed by atoms with E-state index in [2.05, 4.69) is 4.98 Å². The van der Waals surface area contributed by atoms with E-state index in [1.54, 1.807) is 24.5 Å². The van der Waals surface area contributed by atoms with Gasteiger partial charge in [0.05, 0.1) is 0 Å². The average molecular weight is 219 g/mol. The fourth-order valence-electron chi connectivity index (χ4n) is 0.787. The lowest BCUT2D eigenvalue weighted by Gasteiger charge is -1.98. The van der Waals surface area contributed by atoms with E-state index in [0.29, 0.717) is 5.75 Å². The maximum atomic E-state index is 12.3. The normalized spacial score (nSPS) is 9.93. The average Bonchev–Trinajstić information content (AvgIpc) is 2.19. The van der Waals surface area contributed by atoms with Gasteiger partial charge in [-0.3, -0.25) is 4.98 Å². The van der Waals surface area contributed by atoms with Gasteiger partial charge >= 0.3 is 6.08 Å². The highest BCUT2D eigenvalue weighted by Crippen LogP contribution is 2.21. The van der Waals surface area contributed by atoms with Gasteiger partial charge in [-0.15, -0.1) is 11.8 Å². The van der Waals surface area contributed by atoms with Crippen molar-refractivity contribution in [2.75, 3.05) is 5.75 Å². The zero-order chi connectivity index (χ0) is 10.4. The molecule has 1 aromatic rings. The second-order valence-electron chi connectivity index (χ2n) is 2.45. The Morgan fingerprint density at radius 1 is 1.21 bits per heavy atom. The van der Waals surface area contributed by atoms with Gasteiger partial charge in [0.25, 0.3) is 0 Å². The molecular formula is C9H8F3NS. The van der Waals surface area contributed by atoms with E-state index in [4.69, 9.17) is 0 Å². The lowest BCUT2D eigenvalue weighted by Crippen LogP contribution is -1.82. The smallest absolute Gasteiger partial charge is 0.265 e. The summed E-state index contributed by atoms with van der Waals surface area (Å²) in [5.41, 5.74) is 0. The molecule has 1 heterocycles. The SMILES string of the molecule is FC(F)=C(F)CCSc1ccncc1. The van der Waals surface area contributed by atoms with Gasteiger partial charge in [0.15, 0.2) is 5.83 Å². The summed E-state index contributed by atoms with van der Waals surface area (Å²) in [4.78, 5) is 4.70. The van der Waals surface area contributed by atoms with Crippen LogP contribution in [0.5, 0.6) is 0 Å². The second kappa shape index (κ2) is 5.70. The molecule has 0 amide bonds. The van der Waals surface area contributed by atoms with Crippen LogP contribution in [0.15, 0.2) is 41.3 Å². The Balaban J connectivity index is 2.33. The first-order valence-corrected chi connectivity index (χ1v) is 4.91. The summed E-state index contributed by atoms with van der Waals surface area (Å²) in [6.07, 6.45) is 0.740. The third-order valence-corrected chi connectivity index (χ3v) is 2.46. The Labute approximate surface area is 84.0 Å². The molecule has 76 valence electrons. The fourth-order valence-corrected chi connectivity index (χ4v) is 1.62. The first kappa shape index (κ1) is 11.1. The molecule has 0 aromatic carbocycles. The van der Waals surface area contributed by atoms with E-state index in [-0.39, 0.29) is 6.42 Å². The van der Waals surface area contributed by atoms with E-state index in [0.717, 1.165) is 4.90 Å². The first-order valence-electron chi connectivity index (χ1n) is 3.92. The molecule has 1 rings (SSSR count). The predicted molar refractivity (Wildman–Crippen MR) is 49.9 cm³/mol. The molecule has 0 radical (unpaired) electrons. The number of hydrogen-bond acceptors (Lipinski definition) is 2.